The summed E-state index contributed by atoms with van der Waals surface area (Å²) in [5.74, 6) is -0.301. The lowest BCUT2D eigenvalue weighted by atomic mass is 10.3. The number of anilines is 1. The van der Waals surface area contributed by atoms with E-state index >= 15 is 0 Å². The second-order valence-electron chi connectivity index (χ2n) is 3.39. The van der Waals surface area contributed by atoms with E-state index in [2.05, 4.69) is 42.2 Å². The number of carbonyl (C=O) groups is 1. The van der Waals surface area contributed by atoms with Gasteiger partial charge < -0.3 is 5.32 Å². The van der Waals surface area contributed by atoms with Gasteiger partial charge in [0.2, 0.25) is 0 Å². The van der Waals surface area contributed by atoms with Crippen molar-refractivity contribution in [3.8, 4) is 0 Å². The molecule has 0 spiro atoms. The highest BCUT2D eigenvalue weighted by Crippen LogP contribution is 2.30. The zero-order chi connectivity index (χ0) is 13.1. The van der Waals surface area contributed by atoms with E-state index in [1.807, 2.05) is 0 Å². The molecule has 0 aliphatic heterocycles. The molecule has 0 fully saturated rings. The molecular formula is C12H7Br2ClN2O. The number of carbonyl (C=O) groups excluding carboxylic acids is 1. The highest BCUT2D eigenvalue weighted by atomic mass is 79.9. The molecule has 18 heavy (non-hydrogen) atoms. The maximum atomic E-state index is 12.0. The molecule has 0 bridgehead atoms. The molecule has 1 aromatic heterocycles. The Morgan fingerprint density at radius 2 is 2.00 bits per heavy atom. The number of hydrogen-bond acceptors (Lipinski definition) is 2. The van der Waals surface area contributed by atoms with Gasteiger partial charge in [0.25, 0.3) is 5.91 Å². The van der Waals surface area contributed by atoms with E-state index in [9.17, 15) is 4.79 Å². The van der Waals surface area contributed by atoms with E-state index in [-0.39, 0.29) is 5.91 Å². The number of aromatic nitrogens is 1. The van der Waals surface area contributed by atoms with Gasteiger partial charge in [0.15, 0.2) is 0 Å². The normalized spacial score (nSPS) is 10.2. The van der Waals surface area contributed by atoms with Gasteiger partial charge in [0.05, 0.1) is 15.2 Å². The number of halogens is 3. The van der Waals surface area contributed by atoms with E-state index in [0.717, 1.165) is 0 Å². The van der Waals surface area contributed by atoms with Crippen LogP contribution in [-0.4, -0.2) is 10.9 Å². The van der Waals surface area contributed by atoms with Gasteiger partial charge in [-0.25, -0.2) is 4.98 Å². The molecule has 0 saturated heterocycles. The molecule has 0 saturated carbocycles. The minimum absolute atomic E-state index is 0.301. The first-order valence-electron chi connectivity index (χ1n) is 4.95. The predicted octanol–water partition coefficient (Wildman–Crippen LogP) is 4.51. The van der Waals surface area contributed by atoms with Crippen LogP contribution in [0.5, 0.6) is 0 Å². The zero-order valence-corrected chi connectivity index (χ0v) is 12.9. The van der Waals surface area contributed by atoms with E-state index in [4.69, 9.17) is 11.6 Å². The van der Waals surface area contributed by atoms with E-state index in [1.165, 1.54) is 0 Å². The molecule has 1 aromatic carbocycles. The maximum Gasteiger partial charge on any atom is 0.275 e. The second kappa shape index (κ2) is 5.82. The van der Waals surface area contributed by atoms with Crippen LogP contribution in [0.2, 0.25) is 5.02 Å². The first kappa shape index (κ1) is 13.5. The van der Waals surface area contributed by atoms with Crippen molar-refractivity contribution >= 4 is 55.1 Å². The molecule has 0 aliphatic rings. The fourth-order valence-electron chi connectivity index (χ4n) is 1.33. The summed E-state index contributed by atoms with van der Waals surface area (Å²) in [7, 11) is 0. The summed E-state index contributed by atoms with van der Waals surface area (Å²) in [6, 6.07) is 8.75. The number of nitrogens with one attached hydrogen (secondary N) is 1. The van der Waals surface area contributed by atoms with Crippen molar-refractivity contribution in [2.24, 2.45) is 0 Å². The van der Waals surface area contributed by atoms with Crippen LogP contribution in [0.1, 0.15) is 10.5 Å². The molecule has 0 radical (unpaired) electrons. The van der Waals surface area contributed by atoms with Crippen molar-refractivity contribution in [1.82, 2.24) is 4.98 Å². The molecule has 0 aliphatic carbocycles. The Kier molecular flexibility index (Phi) is 4.37. The van der Waals surface area contributed by atoms with Gasteiger partial charge in [-0.05, 0) is 56.1 Å². The highest BCUT2D eigenvalue weighted by Gasteiger charge is 2.13. The molecule has 2 rings (SSSR count). The minimum atomic E-state index is -0.301. The second-order valence-corrected chi connectivity index (χ2v) is 5.44. The fourth-order valence-corrected chi connectivity index (χ4v) is 2.31. The number of pyridine rings is 1. The van der Waals surface area contributed by atoms with Gasteiger partial charge in [-0.1, -0.05) is 17.7 Å². The molecule has 1 amide bonds. The largest absolute Gasteiger partial charge is 0.320 e. The third kappa shape index (κ3) is 2.91. The van der Waals surface area contributed by atoms with Crippen LogP contribution in [0.25, 0.3) is 0 Å². The van der Waals surface area contributed by atoms with Crippen molar-refractivity contribution in [2.75, 3.05) is 5.32 Å². The monoisotopic (exact) mass is 388 g/mol. The highest BCUT2D eigenvalue weighted by molar-refractivity contribution is 9.11. The third-order valence-corrected chi connectivity index (χ3v) is 4.21. The first-order valence-corrected chi connectivity index (χ1v) is 6.92. The lowest BCUT2D eigenvalue weighted by Crippen LogP contribution is -2.14. The molecule has 0 unspecified atom stereocenters. The van der Waals surface area contributed by atoms with Crippen LogP contribution in [-0.2, 0) is 0 Å². The topological polar surface area (TPSA) is 42.0 Å². The lowest BCUT2D eigenvalue weighted by molar-refractivity contribution is 0.102. The van der Waals surface area contributed by atoms with Crippen molar-refractivity contribution in [3.05, 3.63) is 56.2 Å². The van der Waals surface area contributed by atoms with Crippen LogP contribution in [0.15, 0.2) is 45.5 Å². The van der Waals surface area contributed by atoms with Crippen molar-refractivity contribution in [3.63, 3.8) is 0 Å². The SMILES string of the molecule is O=C(Nc1cccc(Cl)c1Br)c1ncccc1Br. The van der Waals surface area contributed by atoms with Crippen LogP contribution in [0.4, 0.5) is 5.69 Å². The predicted molar refractivity (Wildman–Crippen MR) is 79.0 cm³/mol. The van der Waals surface area contributed by atoms with Crippen LogP contribution < -0.4 is 5.32 Å². The Balaban J connectivity index is 2.27. The van der Waals surface area contributed by atoms with E-state index < -0.39 is 0 Å². The zero-order valence-electron chi connectivity index (χ0n) is 8.95. The molecule has 3 nitrogen and oxygen atoms in total. The van der Waals surface area contributed by atoms with E-state index in [1.54, 1.807) is 36.5 Å². The van der Waals surface area contributed by atoms with Crippen LogP contribution in [0.3, 0.4) is 0 Å². The van der Waals surface area contributed by atoms with Crippen LogP contribution in [0, 0.1) is 0 Å². The van der Waals surface area contributed by atoms with Gasteiger partial charge in [-0.3, -0.25) is 4.79 Å². The summed E-state index contributed by atoms with van der Waals surface area (Å²) < 4.78 is 1.28. The van der Waals surface area contributed by atoms with Crippen molar-refractivity contribution in [1.29, 1.82) is 0 Å². The molecule has 0 atom stereocenters. The Hall–Kier alpha value is -0.910. The smallest absolute Gasteiger partial charge is 0.275 e. The average Bonchev–Trinajstić information content (AvgIpc) is 2.35. The third-order valence-electron chi connectivity index (χ3n) is 2.17. The molecule has 1 N–H and O–H groups in total. The van der Waals surface area contributed by atoms with Gasteiger partial charge >= 0.3 is 0 Å². The summed E-state index contributed by atoms with van der Waals surface area (Å²) in [5.41, 5.74) is 0.925. The fraction of sp³-hybridized carbons (Fsp3) is 0. The summed E-state index contributed by atoms with van der Waals surface area (Å²) in [5, 5.41) is 3.28. The summed E-state index contributed by atoms with van der Waals surface area (Å²) in [6.07, 6.45) is 1.56. The van der Waals surface area contributed by atoms with Crippen LogP contribution >= 0.6 is 43.5 Å². The maximum absolute atomic E-state index is 12.0. The Morgan fingerprint density at radius 3 is 2.72 bits per heavy atom. The van der Waals surface area contributed by atoms with Gasteiger partial charge in [-0.2, -0.15) is 0 Å². The lowest BCUT2D eigenvalue weighted by Gasteiger charge is -2.08. The van der Waals surface area contributed by atoms with Gasteiger partial charge in [0, 0.05) is 10.7 Å². The standard InChI is InChI=1S/C12H7Br2ClN2O/c13-7-3-2-6-16-11(7)12(18)17-9-5-1-4-8(15)10(9)14/h1-6H,(H,17,18). The number of amides is 1. The Morgan fingerprint density at radius 1 is 1.22 bits per heavy atom. The minimum Gasteiger partial charge on any atom is -0.320 e. The average molecular weight is 390 g/mol. The molecular weight excluding hydrogens is 383 g/mol. The van der Waals surface area contributed by atoms with Gasteiger partial charge in [0.1, 0.15) is 5.69 Å². The summed E-state index contributed by atoms with van der Waals surface area (Å²) in [6.45, 7) is 0. The molecule has 1 heterocycles. The van der Waals surface area contributed by atoms with Gasteiger partial charge in [-0.15, -0.1) is 0 Å². The number of nitrogens with zero attached hydrogens (tertiary/aromatic N) is 1. The van der Waals surface area contributed by atoms with E-state index in [0.29, 0.717) is 25.3 Å². The number of rotatable bonds is 2. The molecule has 2 aromatic rings. The Labute approximate surface area is 126 Å². The molecule has 6 heteroatoms. The molecule has 92 valence electrons. The van der Waals surface area contributed by atoms with Crippen molar-refractivity contribution < 1.29 is 4.79 Å². The van der Waals surface area contributed by atoms with Crippen molar-refractivity contribution in [2.45, 2.75) is 0 Å². The first-order chi connectivity index (χ1) is 8.59. The Bertz CT molecular complexity index is 604. The number of benzene rings is 1. The summed E-state index contributed by atoms with van der Waals surface area (Å²) >= 11 is 12.6. The number of hydrogen-bond donors (Lipinski definition) is 1. The quantitative estimate of drug-likeness (QED) is 0.820. The summed E-state index contributed by atoms with van der Waals surface area (Å²) in [4.78, 5) is 16.1.